The molecule has 3 heterocycles. The van der Waals surface area contributed by atoms with Crippen LogP contribution in [0.1, 0.15) is 28.0 Å². The molecule has 0 bridgehead atoms. The molecule has 0 radical (unpaired) electrons. The first kappa shape index (κ1) is 21.2. The summed E-state index contributed by atoms with van der Waals surface area (Å²) in [6.45, 7) is 2.81. The quantitative estimate of drug-likeness (QED) is 0.631. The Kier molecular flexibility index (Phi) is 5.88. The van der Waals surface area contributed by atoms with Gasteiger partial charge in [-0.05, 0) is 30.5 Å². The van der Waals surface area contributed by atoms with Gasteiger partial charge in [-0.2, -0.15) is 9.36 Å². The fraction of sp³-hybridized carbons (Fsp3) is 0.364. The van der Waals surface area contributed by atoms with Gasteiger partial charge in [-0.1, -0.05) is 36.4 Å². The Labute approximate surface area is 185 Å². The molecule has 2 atom stereocenters. The SMILES string of the molecule is Cc1cccnc1C(=O)N[C@@]1(c2ccccc2)CCN(c2nc(N(C)C)ns2)C[C@H]1O. The number of hydrogen-bond donors (Lipinski definition) is 2. The molecule has 8 nitrogen and oxygen atoms in total. The van der Waals surface area contributed by atoms with E-state index in [1.807, 2.05) is 67.2 Å². The monoisotopic (exact) mass is 438 g/mol. The Balaban J connectivity index is 1.63. The van der Waals surface area contributed by atoms with Crippen molar-refractivity contribution in [3.63, 3.8) is 0 Å². The van der Waals surface area contributed by atoms with Gasteiger partial charge in [-0.25, -0.2) is 0 Å². The lowest BCUT2D eigenvalue weighted by molar-refractivity contribution is 0.0364. The zero-order chi connectivity index (χ0) is 22.0. The summed E-state index contributed by atoms with van der Waals surface area (Å²) >= 11 is 1.31. The largest absolute Gasteiger partial charge is 0.388 e. The molecule has 1 saturated heterocycles. The lowest BCUT2D eigenvalue weighted by Crippen LogP contribution is -2.62. The number of benzene rings is 1. The van der Waals surface area contributed by atoms with Gasteiger partial charge in [-0.15, -0.1) is 0 Å². The van der Waals surface area contributed by atoms with E-state index < -0.39 is 11.6 Å². The number of hydrogen-bond acceptors (Lipinski definition) is 8. The molecular weight excluding hydrogens is 412 g/mol. The third-order valence-corrected chi connectivity index (χ3v) is 6.43. The fourth-order valence-corrected chi connectivity index (χ4v) is 4.67. The Morgan fingerprint density at radius 2 is 2.03 bits per heavy atom. The summed E-state index contributed by atoms with van der Waals surface area (Å²) in [6, 6.07) is 13.3. The standard InChI is InChI=1S/C22H26N6O2S/c1-15-8-7-12-23-18(15)19(30)25-22(16-9-5-4-6-10-16)11-13-28(14-17(22)29)21-24-20(26-31-21)27(2)3/h4-10,12,17,29H,11,13-14H2,1-3H3,(H,25,30)/t17-,22-/m1/s1. The van der Waals surface area contributed by atoms with Crippen LogP contribution in [0.4, 0.5) is 11.1 Å². The van der Waals surface area contributed by atoms with Gasteiger partial charge >= 0.3 is 0 Å². The molecule has 0 unspecified atom stereocenters. The van der Waals surface area contributed by atoms with Crippen LogP contribution in [-0.4, -0.2) is 58.6 Å². The number of aliphatic hydroxyl groups is 1. The predicted molar refractivity (Wildman–Crippen MR) is 122 cm³/mol. The second kappa shape index (κ2) is 8.60. The lowest BCUT2D eigenvalue weighted by Gasteiger charge is -2.46. The molecule has 2 N–H and O–H groups in total. The fourth-order valence-electron chi connectivity index (χ4n) is 3.90. The molecule has 0 aliphatic carbocycles. The highest BCUT2D eigenvalue weighted by Crippen LogP contribution is 2.36. The molecule has 31 heavy (non-hydrogen) atoms. The van der Waals surface area contributed by atoms with Gasteiger partial charge in [0.15, 0.2) is 0 Å². The zero-order valence-electron chi connectivity index (χ0n) is 17.8. The first-order valence-electron chi connectivity index (χ1n) is 10.1. The molecule has 1 fully saturated rings. The van der Waals surface area contributed by atoms with Gasteiger partial charge in [0.1, 0.15) is 5.69 Å². The van der Waals surface area contributed by atoms with Gasteiger partial charge in [0.2, 0.25) is 11.1 Å². The van der Waals surface area contributed by atoms with E-state index in [0.29, 0.717) is 31.2 Å². The summed E-state index contributed by atoms with van der Waals surface area (Å²) < 4.78 is 4.36. The minimum atomic E-state index is -0.923. The Bertz CT molecular complexity index is 1060. The van der Waals surface area contributed by atoms with E-state index in [1.165, 1.54) is 11.5 Å². The van der Waals surface area contributed by atoms with Gasteiger partial charge in [-0.3, -0.25) is 9.78 Å². The highest BCUT2D eigenvalue weighted by atomic mass is 32.1. The highest BCUT2D eigenvalue weighted by Gasteiger charge is 2.46. The lowest BCUT2D eigenvalue weighted by atomic mass is 9.78. The number of carbonyl (C=O) groups is 1. The summed E-state index contributed by atoms with van der Waals surface area (Å²) in [5, 5.41) is 15.2. The van der Waals surface area contributed by atoms with Crippen molar-refractivity contribution in [2.45, 2.75) is 25.0 Å². The van der Waals surface area contributed by atoms with Crippen LogP contribution < -0.4 is 15.1 Å². The van der Waals surface area contributed by atoms with Crippen molar-refractivity contribution < 1.29 is 9.90 Å². The van der Waals surface area contributed by atoms with Gasteiger partial charge < -0.3 is 20.2 Å². The maximum absolute atomic E-state index is 13.2. The minimum Gasteiger partial charge on any atom is -0.388 e. The van der Waals surface area contributed by atoms with Crippen LogP contribution >= 0.6 is 11.5 Å². The molecule has 2 aromatic heterocycles. The maximum atomic E-state index is 13.2. The summed E-state index contributed by atoms with van der Waals surface area (Å²) in [7, 11) is 3.79. The van der Waals surface area contributed by atoms with Crippen LogP contribution in [0.2, 0.25) is 0 Å². The topological polar surface area (TPSA) is 94.5 Å². The molecule has 3 aromatic rings. The first-order valence-corrected chi connectivity index (χ1v) is 10.9. The highest BCUT2D eigenvalue weighted by molar-refractivity contribution is 7.09. The van der Waals surface area contributed by atoms with E-state index in [1.54, 1.807) is 12.3 Å². The summed E-state index contributed by atoms with van der Waals surface area (Å²) in [5.41, 5.74) is 1.11. The van der Waals surface area contributed by atoms with Crippen molar-refractivity contribution in [3.8, 4) is 0 Å². The average Bonchev–Trinajstić information content (AvgIpc) is 3.27. The number of nitrogens with zero attached hydrogens (tertiary/aromatic N) is 5. The Hall–Kier alpha value is -3.04. The van der Waals surface area contributed by atoms with Crippen LogP contribution in [0.25, 0.3) is 0 Å². The molecule has 1 aliphatic rings. The molecule has 1 amide bonds. The van der Waals surface area contributed by atoms with Crippen LogP contribution in [0.3, 0.4) is 0 Å². The number of aliphatic hydroxyl groups excluding tert-OH is 1. The second-order valence-electron chi connectivity index (χ2n) is 7.94. The number of amides is 1. The average molecular weight is 439 g/mol. The maximum Gasteiger partial charge on any atom is 0.270 e. The molecule has 1 aliphatic heterocycles. The van der Waals surface area contributed by atoms with Crippen molar-refractivity contribution in [3.05, 3.63) is 65.5 Å². The van der Waals surface area contributed by atoms with Crippen LogP contribution in [0.15, 0.2) is 48.7 Å². The number of anilines is 2. The van der Waals surface area contributed by atoms with Crippen LogP contribution in [0.5, 0.6) is 0 Å². The molecule has 162 valence electrons. The van der Waals surface area contributed by atoms with E-state index in [4.69, 9.17) is 0 Å². The normalized spacial score (nSPS) is 21.0. The van der Waals surface area contributed by atoms with Crippen molar-refractivity contribution in [1.82, 2.24) is 19.7 Å². The first-order chi connectivity index (χ1) is 14.9. The molecule has 0 spiro atoms. The van der Waals surface area contributed by atoms with Gasteiger partial charge in [0, 0.05) is 44.9 Å². The molecular formula is C22H26N6O2S. The summed E-state index contributed by atoms with van der Waals surface area (Å²) in [5.74, 6) is 0.355. The summed E-state index contributed by atoms with van der Waals surface area (Å²) in [6.07, 6.45) is 1.28. The van der Waals surface area contributed by atoms with E-state index in [-0.39, 0.29) is 5.91 Å². The van der Waals surface area contributed by atoms with Gasteiger partial charge in [0.25, 0.3) is 5.91 Å². The van der Waals surface area contributed by atoms with Crippen molar-refractivity contribution in [2.24, 2.45) is 0 Å². The Morgan fingerprint density at radius 1 is 1.26 bits per heavy atom. The van der Waals surface area contributed by atoms with E-state index >= 15 is 0 Å². The third-order valence-electron chi connectivity index (χ3n) is 5.66. The molecule has 9 heteroatoms. The van der Waals surface area contributed by atoms with E-state index in [9.17, 15) is 9.90 Å². The number of aryl methyl sites for hydroxylation is 1. The number of carbonyl (C=O) groups excluding carboxylic acids is 1. The number of piperidine rings is 1. The number of nitrogens with one attached hydrogen (secondary N) is 1. The van der Waals surface area contributed by atoms with Crippen molar-refractivity contribution >= 4 is 28.5 Å². The number of aromatic nitrogens is 3. The molecule has 0 saturated carbocycles. The predicted octanol–water partition coefficient (Wildman–Crippen LogP) is 2.20. The molecule has 1 aromatic carbocycles. The van der Waals surface area contributed by atoms with Crippen molar-refractivity contribution in [1.29, 1.82) is 0 Å². The molecule has 4 rings (SSSR count). The van der Waals surface area contributed by atoms with E-state index in [0.717, 1.165) is 16.3 Å². The van der Waals surface area contributed by atoms with Crippen molar-refractivity contribution in [2.75, 3.05) is 37.0 Å². The zero-order valence-corrected chi connectivity index (χ0v) is 18.6. The smallest absolute Gasteiger partial charge is 0.270 e. The van der Waals surface area contributed by atoms with Crippen LogP contribution in [0, 0.1) is 6.92 Å². The summed E-state index contributed by atoms with van der Waals surface area (Å²) in [4.78, 5) is 25.8. The number of β-amino-alcohol motifs (C(OH)–C–C–N with tert-alkyl or cyclic N) is 1. The number of rotatable bonds is 5. The van der Waals surface area contributed by atoms with Crippen LogP contribution in [-0.2, 0) is 5.54 Å². The van der Waals surface area contributed by atoms with E-state index in [2.05, 4.69) is 19.7 Å². The minimum absolute atomic E-state index is 0.291. The number of pyridine rings is 1. The second-order valence-corrected chi connectivity index (χ2v) is 8.67. The Morgan fingerprint density at radius 3 is 2.68 bits per heavy atom. The third kappa shape index (κ3) is 4.11. The van der Waals surface area contributed by atoms with Gasteiger partial charge in [0.05, 0.1) is 11.6 Å².